The Morgan fingerprint density at radius 3 is 2.89 bits per heavy atom. The van der Waals surface area contributed by atoms with E-state index in [2.05, 4.69) is 56.2 Å². The first-order valence-electron chi connectivity index (χ1n) is 7.11. The van der Waals surface area contributed by atoms with Crippen molar-refractivity contribution >= 4 is 5.82 Å². The van der Waals surface area contributed by atoms with Gasteiger partial charge in [0.15, 0.2) is 0 Å². The van der Waals surface area contributed by atoms with Gasteiger partial charge in [0, 0.05) is 26.2 Å². The minimum Gasteiger partial charge on any atom is -0.376 e. The highest BCUT2D eigenvalue weighted by molar-refractivity contribution is 5.40. The van der Waals surface area contributed by atoms with Gasteiger partial charge in [0.1, 0.15) is 5.82 Å². The first kappa shape index (κ1) is 14.3. The average molecular weight is 263 g/mol. The van der Waals surface area contributed by atoms with Crippen molar-refractivity contribution < 1.29 is 4.74 Å². The third-order valence-corrected chi connectivity index (χ3v) is 3.68. The highest BCUT2D eigenvalue weighted by Gasteiger charge is 2.28. The molecular formula is C15H25N3O. The molecule has 19 heavy (non-hydrogen) atoms. The predicted molar refractivity (Wildman–Crippen MR) is 78.4 cm³/mol. The second-order valence-corrected chi connectivity index (χ2v) is 5.57. The van der Waals surface area contributed by atoms with E-state index in [9.17, 15) is 0 Å². The molecule has 1 aromatic rings. The van der Waals surface area contributed by atoms with Crippen molar-refractivity contribution in [2.75, 3.05) is 18.6 Å². The van der Waals surface area contributed by atoms with Crippen molar-refractivity contribution in [2.24, 2.45) is 0 Å². The number of aromatic nitrogens is 1. The third kappa shape index (κ3) is 3.67. The lowest BCUT2D eigenvalue weighted by Gasteiger charge is -2.28. The van der Waals surface area contributed by atoms with E-state index in [0.29, 0.717) is 12.1 Å². The van der Waals surface area contributed by atoms with E-state index in [1.54, 1.807) is 0 Å². The van der Waals surface area contributed by atoms with Gasteiger partial charge in [0.2, 0.25) is 0 Å². The fourth-order valence-corrected chi connectivity index (χ4v) is 2.47. The molecule has 106 valence electrons. The van der Waals surface area contributed by atoms with Crippen molar-refractivity contribution in [1.82, 2.24) is 10.3 Å². The van der Waals surface area contributed by atoms with Crippen molar-refractivity contribution in [3.8, 4) is 0 Å². The van der Waals surface area contributed by atoms with Crippen LogP contribution in [-0.4, -0.2) is 36.8 Å². The second kappa shape index (κ2) is 6.35. The van der Waals surface area contributed by atoms with Crippen LogP contribution in [-0.2, 0) is 11.3 Å². The summed E-state index contributed by atoms with van der Waals surface area (Å²) in [6, 6.07) is 7.13. The smallest absolute Gasteiger partial charge is 0.128 e. The van der Waals surface area contributed by atoms with Crippen molar-refractivity contribution in [1.29, 1.82) is 0 Å². The van der Waals surface area contributed by atoms with Gasteiger partial charge in [-0.3, -0.25) is 0 Å². The van der Waals surface area contributed by atoms with E-state index in [1.165, 1.54) is 0 Å². The molecular weight excluding hydrogens is 238 g/mol. The first-order chi connectivity index (χ1) is 9.08. The maximum absolute atomic E-state index is 5.64. The van der Waals surface area contributed by atoms with Crippen LogP contribution in [0.1, 0.15) is 32.9 Å². The molecule has 2 heterocycles. The van der Waals surface area contributed by atoms with Gasteiger partial charge in [-0.05, 0) is 25.5 Å². The molecule has 0 bridgehead atoms. The molecule has 0 amide bonds. The van der Waals surface area contributed by atoms with Crippen molar-refractivity contribution in [2.45, 2.75) is 51.9 Å². The highest BCUT2D eigenvalue weighted by atomic mass is 16.5. The van der Waals surface area contributed by atoms with E-state index in [-0.39, 0.29) is 6.10 Å². The maximum atomic E-state index is 5.64. The van der Waals surface area contributed by atoms with Crippen LogP contribution in [0.25, 0.3) is 0 Å². The third-order valence-electron chi connectivity index (χ3n) is 3.68. The van der Waals surface area contributed by atoms with Gasteiger partial charge in [-0.2, -0.15) is 0 Å². The summed E-state index contributed by atoms with van der Waals surface area (Å²) in [4.78, 5) is 6.98. The van der Waals surface area contributed by atoms with Gasteiger partial charge in [-0.1, -0.05) is 19.9 Å². The molecule has 4 heteroatoms. The molecule has 1 saturated heterocycles. The molecule has 1 N–H and O–H groups in total. The molecule has 1 aliphatic rings. The van der Waals surface area contributed by atoms with Gasteiger partial charge >= 0.3 is 0 Å². The van der Waals surface area contributed by atoms with E-state index >= 15 is 0 Å². The Labute approximate surface area is 116 Å². The standard InChI is InChI=1S/C15H25N3O/c1-11(2)16-10-13-6-5-7-15(17-13)18(4)14-8-9-19-12(14)3/h5-7,11-12,14,16H,8-10H2,1-4H3. The Bertz CT molecular complexity index is 408. The van der Waals surface area contributed by atoms with Crippen LogP contribution in [0.2, 0.25) is 0 Å². The number of nitrogens with one attached hydrogen (secondary N) is 1. The summed E-state index contributed by atoms with van der Waals surface area (Å²) in [5.41, 5.74) is 1.09. The molecule has 0 aromatic carbocycles. The Morgan fingerprint density at radius 1 is 1.47 bits per heavy atom. The molecule has 0 spiro atoms. The molecule has 0 radical (unpaired) electrons. The molecule has 1 aliphatic heterocycles. The molecule has 1 aromatic heterocycles. The van der Waals surface area contributed by atoms with Crippen LogP contribution < -0.4 is 10.2 Å². The lowest BCUT2D eigenvalue weighted by Crippen LogP contribution is -2.37. The molecule has 0 aliphatic carbocycles. The monoisotopic (exact) mass is 263 g/mol. The number of rotatable bonds is 5. The zero-order valence-electron chi connectivity index (χ0n) is 12.4. The number of hydrogen-bond donors (Lipinski definition) is 1. The largest absolute Gasteiger partial charge is 0.376 e. The Balaban J connectivity index is 2.05. The van der Waals surface area contributed by atoms with E-state index in [1.807, 2.05) is 0 Å². The van der Waals surface area contributed by atoms with Gasteiger partial charge in [0.25, 0.3) is 0 Å². The zero-order valence-corrected chi connectivity index (χ0v) is 12.4. The molecule has 2 atom stereocenters. The Hall–Kier alpha value is -1.13. The minimum absolute atomic E-state index is 0.282. The number of hydrogen-bond acceptors (Lipinski definition) is 4. The maximum Gasteiger partial charge on any atom is 0.128 e. The molecule has 2 unspecified atom stereocenters. The van der Waals surface area contributed by atoms with Crippen LogP contribution in [0.4, 0.5) is 5.82 Å². The normalized spacial score (nSPS) is 23.0. The number of ether oxygens (including phenoxy) is 1. The first-order valence-corrected chi connectivity index (χ1v) is 7.11. The van der Waals surface area contributed by atoms with Crippen LogP contribution in [0.5, 0.6) is 0 Å². The highest BCUT2D eigenvalue weighted by Crippen LogP contribution is 2.22. The van der Waals surface area contributed by atoms with Gasteiger partial charge in [-0.25, -0.2) is 4.98 Å². The molecule has 2 rings (SSSR count). The van der Waals surface area contributed by atoms with Crippen LogP contribution in [0, 0.1) is 0 Å². The number of pyridine rings is 1. The molecule has 0 saturated carbocycles. The topological polar surface area (TPSA) is 37.4 Å². The average Bonchev–Trinajstić information content (AvgIpc) is 2.82. The second-order valence-electron chi connectivity index (χ2n) is 5.57. The summed E-state index contributed by atoms with van der Waals surface area (Å²) in [5, 5.41) is 3.40. The summed E-state index contributed by atoms with van der Waals surface area (Å²) in [6.45, 7) is 8.10. The fourth-order valence-electron chi connectivity index (χ4n) is 2.47. The predicted octanol–water partition coefficient (Wildman–Crippen LogP) is 2.19. The summed E-state index contributed by atoms with van der Waals surface area (Å²) in [6.07, 6.45) is 1.36. The van der Waals surface area contributed by atoms with E-state index in [0.717, 1.165) is 31.1 Å². The zero-order chi connectivity index (χ0) is 13.8. The fraction of sp³-hybridized carbons (Fsp3) is 0.667. The van der Waals surface area contributed by atoms with E-state index < -0.39 is 0 Å². The van der Waals surface area contributed by atoms with Gasteiger partial charge in [0.05, 0.1) is 17.8 Å². The van der Waals surface area contributed by atoms with Gasteiger partial charge < -0.3 is 15.0 Å². The van der Waals surface area contributed by atoms with Crippen LogP contribution in [0.15, 0.2) is 18.2 Å². The summed E-state index contributed by atoms with van der Waals surface area (Å²) >= 11 is 0. The SMILES string of the molecule is CC(C)NCc1cccc(N(C)C2CCOC2C)n1. The minimum atomic E-state index is 0.282. The van der Waals surface area contributed by atoms with Gasteiger partial charge in [-0.15, -0.1) is 0 Å². The number of anilines is 1. The van der Waals surface area contributed by atoms with Crippen molar-refractivity contribution in [3.05, 3.63) is 23.9 Å². The quantitative estimate of drug-likeness (QED) is 0.883. The lowest BCUT2D eigenvalue weighted by atomic mass is 10.1. The number of likely N-dealkylation sites (N-methyl/N-ethyl adjacent to an activating group) is 1. The Kier molecular flexibility index (Phi) is 4.77. The van der Waals surface area contributed by atoms with E-state index in [4.69, 9.17) is 9.72 Å². The summed E-state index contributed by atoms with van der Waals surface area (Å²) in [5.74, 6) is 1.03. The molecule has 1 fully saturated rings. The summed E-state index contributed by atoms with van der Waals surface area (Å²) in [7, 11) is 2.11. The van der Waals surface area contributed by atoms with Crippen LogP contribution in [0.3, 0.4) is 0 Å². The van der Waals surface area contributed by atoms with Crippen molar-refractivity contribution in [3.63, 3.8) is 0 Å². The lowest BCUT2D eigenvalue weighted by molar-refractivity contribution is 0.118. The number of nitrogens with zero attached hydrogens (tertiary/aromatic N) is 2. The van der Waals surface area contributed by atoms with Crippen LogP contribution >= 0.6 is 0 Å². The summed E-state index contributed by atoms with van der Waals surface area (Å²) < 4.78 is 5.64. The molecule has 4 nitrogen and oxygen atoms in total. The Morgan fingerprint density at radius 2 is 2.26 bits per heavy atom.